The Kier molecular flexibility index (Phi) is 6.27. The minimum Gasteiger partial charge on any atom is -0.508 e. The Bertz CT molecular complexity index is 1170. The third kappa shape index (κ3) is 4.89. The molecule has 0 radical (unpaired) electrons. The van der Waals surface area contributed by atoms with Crippen LogP contribution in [0.3, 0.4) is 0 Å². The maximum Gasteiger partial charge on any atom is 0.328 e. The summed E-state index contributed by atoms with van der Waals surface area (Å²) >= 11 is 0. The predicted octanol–water partition coefficient (Wildman–Crippen LogP) is 3.46. The Labute approximate surface area is 178 Å². The summed E-state index contributed by atoms with van der Waals surface area (Å²) in [6.45, 7) is 7.76. The zero-order chi connectivity index (χ0) is 21.9. The topological polar surface area (TPSA) is 80.4 Å². The van der Waals surface area contributed by atoms with Crippen molar-refractivity contribution in [2.24, 2.45) is 0 Å². The van der Waals surface area contributed by atoms with Gasteiger partial charge in [-0.15, -0.1) is 0 Å². The molecular formula is C24H27N2O3S+. The van der Waals surface area contributed by atoms with Crippen molar-refractivity contribution in [3.05, 3.63) is 89.0 Å². The molecule has 0 heterocycles. The minimum atomic E-state index is -3.79. The molecule has 156 valence electrons. The lowest BCUT2D eigenvalue weighted by molar-refractivity contribution is -0.266. The molecule has 3 rings (SSSR count). The number of aromatic hydroxyl groups is 1. The van der Waals surface area contributed by atoms with Crippen molar-refractivity contribution >= 4 is 21.5 Å². The SMILES string of the molecule is Cc1ccc(S(=O)(=O)[NH+]=C(Nc2cc(C)c(O)cc2C(C)C)c2ccccc2)cc1. The molecule has 0 aromatic heterocycles. The van der Waals surface area contributed by atoms with Crippen LogP contribution in [0.5, 0.6) is 5.75 Å². The number of sulfonamides is 1. The minimum absolute atomic E-state index is 0.129. The van der Waals surface area contributed by atoms with E-state index in [4.69, 9.17) is 0 Å². The number of benzene rings is 3. The first-order chi connectivity index (χ1) is 14.2. The lowest BCUT2D eigenvalue weighted by atomic mass is 9.98. The second kappa shape index (κ2) is 8.71. The summed E-state index contributed by atoms with van der Waals surface area (Å²) in [4.78, 5) is 0.189. The molecule has 0 aliphatic heterocycles. The van der Waals surface area contributed by atoms with Gasteiger partial charge in [-0.2, -0.15) is 12.8 Å². The molecule has 0 amide bonds. The highest BCUT2D eigenvalue weighted by atomic mass is 32.2. The summed E-state index contributed by atoms with van der Waals surface area (Å²) in [5.41, 5.74) is 4.02. The average Bonchev–Trinajstić information content (AvgIpc) is 2.70. The molecule has 0 aliphatic carbocycles. The number of phenolic OH excluding ortho intramolecular Hbond substituents is 1. The van der Waals surface area contributed by atoms with E-state index >= 15 is 0 Å². The van der Waals surface area contributed by atoms with Crippen molar-refractivity contribution in [3.63, 3.8) is 0 Å². The van der Waals surface area contributed by atoms with Crippen LogP contribution in [0.4, 0.5) is 5.69 Å². The van der Waals surface area contributed by atoms with Crippen LogP contribution < -0.4 is 9.71 Å². The fourth-order valence-corrected chi connectivity index (χ4v) is 4.16. The number of phenols is 1. The molecule has 0 atom stereocenters. The molecule has 0 fully saturated rings. The van der Waals surface area contributed by atoms with Gasteiger partial charge in [0.1, 0.15) is 16.3 Å². The number of amidine groups is 1. The third-order valence-electron chi connectivity index (χ3n) is 4.88. The van der Waals surface area contributed by atoms with Gasteiger partial charge < -0.3 is 5.11 Å². The van der Waals surface area contributed by atoms with E-state index in [2.05, 4.69) is 9.71 Å². The Balaban J connectivity index is 2.13. The van der Waals surface area contributed by atoms with Gasteiger partial charge in [-0.3, -0.25) is 0 Å². The summed E-state index contributed by atoms with van der Waals surface area (Å²) in [5, 5.41) is 13.4. The first-order valence-electron chi connectivity index (χ1n) is 9.80. The van der Waals surface area contributed by atoms with Crippen molar-refractivity contribution in [2.45, 2.75) is 38.5 Å². The molecule has 3 aromatic rings. The van der Waals surface area contributed by atoms with Crippen LogP contribution in [-0.4, -0.2) is 19.4 Å². The molecule has 30 heavy (non-hydrogen) atoms. The van der Waals surface area contributed by atoms with E-state index in [1.54, 1.807) is 30.3 Å². The van der Waals surface area contributed by atoms with Gasteiger partial charge in [-0.1, -0.05) is 49.7 Å². The first kappa shape index (κ1) is 21.6. The maximum atomic E-state index is 13.0. The second-order valence-corrected chi connectivity index (χ2v) is 9.35. The summed E-state index contributed by atoms with van der Waals surface area (Å²) in [7, 11) is -3.79. The van der Waals surface area contributed by atoms with E-state index in [0.29, 0.717) is 17.0 Å². The summed E-state index contributed by atoms with van der Waals surface area (Å²) in [5.74, 6) is 0.693. The lowest BCUT2D eigenvalue weighted by Crippen LogP contribution is -2.78. The zero-order valence-electron chi connectivity index (χ0n) is 17.6. The number of nitrogens with one attached hydrogen (secondary N) is 2. The summed E-state index contributed by atoms with van der Waals surface area (Å²) in [6.07, 6.45) is 0. The molecule has 0 bridgehead atoms. The highest BCUT2D eigenvalue weighted by Crippen LogP contribution is 2.31. The van der Waals surface area contributed by atoms with Gasteiger partial charge in [0.15, 0.2) is 0 Å². The molecule has 0 saturated heterocycles. The molecule has 6 heteroatoms. The van der Waals surface area contributed by atoms with E-state index in [0.717, 1.165) is 16.8 Å². The van der Waals surface area contributed by atoms with Crippen LogP contribution in [0.25, 0.3) is 0 Å². The molecule has 0 spiro atoms. The number of anilines is 1. The summed E-state index contributed by atoms with van der Waals surface area (Å²) in [6, 6.07) is 19.5. The third-order valence-corrected chi connectivity index (χ3v) is 6.25. The van der Waals surface area contributed by atoms with E-state index in [9.17, 15) is 13.5 Å². The fraction of sp³-hybridized carbons (Fsp3) is 0.208. The smallest absolute Gasteiger partial charge is 0.328 e. The van der Waals surface area contributed by atoms with Crippen molar-refractivity contribution < 1.29 is 17.9 Å². The molecule has 0 saturated carbocycles. The van der Waals surface area contributed by atoms with Crippen molar-refractivity contribution in [1.82, 2.24) is 0 Å². The van der Waals surface area contributed by atoms with Crippen molar-refractivity contribution in [3.8, 4) is 5.75 Å². The molecule has 3 N–H and O–H groups in total. The predicted molar refractivity (Wildman–Crippen MR) is 120 cm³/mol. The molecule has 0 unspecified atom stereocenters. The van der Waals surface area contributed by atoms with Gasteiger partial charge in [-0.05, 0) is 61.7 Å². The van der Waals surface area contributed by atoms with Gasteiger partial charge in [0.25, 0.3) is 5.84 Å². The normalized spacial score (nSPS) is 12.2. The first-order valence-corrected chi connectivity index (χ1v) is 11.3. The number of rotatable bonds is 5. The number of aryl methyl sites for hydroxylation is 2. The van der Waals surface area contributed by atoms with Crippen LogP contribution in [0.1, 0.15) is 42.0 Å². The monoisotopic (exact) mass is 423 g/mol. The van der Waals surface area contributed by atoms with Gasteiger partial charge in [0, 0.05) is 5.56 Å². The molecule has 5 nitrogen and oxygen atoms in total. The van der Waals surface area contributed by atoms with Gasteiger partial charge in [0.2, 0.25) is 0 Å². The van der Waals surface area contributed by atoms with E-state index in [1.165, 1.54) is 0 Å². The molecular weight excluding hydrogens is 396 g/mol. The molecule has 3 aromatic carbocycles. The summed E-state index contributed by atoms with van der Waals surface area (Å²) < 4.78 is 28.8. The van der Waals surface area contributed by atoms with Gasteiger partial charge in [-0.25, -0.2) is 5.32 Å². The Morgan fingerprint density at radius 1 is 0.967 bits per heavy atom. The maximum absolute atomic E-state index is 13.0. The molecule has 0 aliphatic rings. The van der Waals surface area contributed by atoms with Crippen LogP contribution in [0.2, 0.25) is 0 Å². The second-order valence-electron chi connectivity index (χ2n) is 7.67. The van der Waals surface area contributed by atoms with E-state index in [1.807, 2.05) is 64.1 Å². The lowest BCUT2D eigenvalue weighted by Gasteiger charge is -2.13. The van der Waals surface area contributed by atoms with Crippen LogP contribution in [-0.2, 0) is 10.0 Å². The number of hydrogen-bond donors (Lipinski definition) is 3. The fourth-order valence-electron chi connectivity index (χ4n) is 3.11. The number of hydrogen-bond acceptors (Lipinski definition) is 3. The van der Waals surface area contributed by atoms with E-state index in [-0.39, 0.29) is 16.6 Å². The van der Waals surface area contributed by atoms with Crippen LogP contribution >= 0.6 is 0 Å². The standard InChI is InChI=1S/C24H26N2O3S/c1-16(2)21-15-23(27)18(4)14-22(21)25-24(19-8-6-5-7-9-19)26-30(28,29)20-12-10-17(3)11-13-20/h5-16,27H,1-4H3,(H,25,26)/p+1. The van der Waals surface area contributed by atoms with Crippen LogP contribution in [0, 0.1) is 13.8 Å². The Hall–Kier alpha value is -3.12. The van der Waals surface area contributed by atoms with Crippen molar-refractivity contribution in [2.75, 3.05) is 5.32 Å². The van der Waals surface area contributed by atoms with E-state index < -0.39 is 10.0 Å². The average molecular weight is 424 g/mol. The highest BCUT2D eigenvalue weighted by molar-refractivity contribution is 7.84. The Morgan fingerprint density at radius 2 is 1.60 bits per heavy atom. The largest absolute Gasteiger partial charge is 0.508 e. The highest BCUT2D eigenvalue weighted by Gasteiger charge is 2.22. The van der Waals surface area contributed by atoms with Gasteiger partial charge in [0.05, 0.1) is 5.56 Å². The Morgan fingerprint density at radius 3 is 2.20 bits per heavy atom. The van der Waals surface area contributed by atoms with Crippen molar-refractivity contribution in [1.29, 1.82) is 0 Å². The zero-order valence-corrected chi connectivity index (χ0v) is 18.4. The van der Waals surface area contributed by atoms with Gasteiger partial charge >= 0.3 is 10.0 Å². The quantitative estimate of drug-likeness (QED) is 0.334. The van der Waals surface area contributed by atoms with Crippen LogP contribution in [0.15, 0.2) is 71.6 Å².